The number of epoxide rings is 1. The number of halogens is 1. The largest absolute Gasteiger partial charge is 0.493 e. The molecule has 2 aliphatic heterocycles. The number of ether oxygens (including phenoxy) is 3. The van der Waals surface area contributed by atoms with Gasteiger partial charge in [0.2, 0.25) is 5.91 Å². The molecule has 5 rings (SSSR count). The molecule has 0 radical (unpaired) electrons. The Morgan fingerprint density at radius 3 is 2.33 bits per heavy atom. The number of nitrogens with zero attached hydrogens (tertiary/aromatic N) is 2. The van der Waals surface area contributed by atoms with Crippen LogP contribution >= 0.6 is 11.3 Å². The number of unbranched alkanes of at least 4 members (excludes halogenated alkanes) is 6. The lowest BCUT2D eigenvalue weighted by atomic mass is 9.81. The Kier molecular flexibility index (Phi) is 13.5. The van der Waals surface area contributed by atoms with Gasteiger partial charge in [0.1, 0.15) is 11.4 Å². The highest BCUT2D eigenvalue weighted by molar-refractivity contribution is 7.13. The Bertz CT molecular complexity index is 1610. The molecule has 0 bridgehead atoms. The fourth-order valence-electron chi connectivity index (χ4n) is 7.34. The molecule has 3 N–H and O–H groups in total. The third-order valence-corrected chi connectivity index (χ3v) is 11.4. The number of carbonyl (C=O) groups excluding carboxylic acids is 3. The average Bonchev–Trinajstić information content (AvgIpc) is 3.96. The lowest BCUT2D eigenvalue weighted by Gasteiger charge is -2.42. The van der Waals surface area contributed by atoms with Crippen LogP contribution in [0.3, 0.4) is 0 Å². The minimum Gasteiger partial charge on any atom is -0.493 e. The van der Waals surface area contributed by atoms with E-state index in [1.54, 1.807) is 11.3 Å². The Morgan fingerprint density at radius 1 is 1.07 bits per heavy atom. The van der Waals surface area contributed by atoms with E-state index < -0.39 is 46.5 Å². The number of alkyl halides is 1. The first-order chi connectivity index (χ1) is 25.4. The summed E-state index contributed by atoms with van der Waals surface area (Å²) in [5.41, 5.74) is 0.773. The number of likely N-dealkylation sites (tertiary alicyclic amines) is 1. The molecule has 1 saturated carbocycles. The van der Waals surface area contributed by atoms with E-state index in [1.165, 1.54) is 0 Å². The van der Waals surface area contributed by atoms with Crippen molar-refractivity contribution in [3.63, 3.8) is 0 Å². The summed E-state index contributed by atoms with van der Waals surface area (Å²) in [5.74, 6) is -0.339. The molecule has 13 heteroatoms. The van der Waals surface area contributed by atoms with Crippen LogP contribution < -0.4 is 15.4 Å². The van der Waals surface area contributed by atoms with Gasteiger partial charge >= 0.3 is 5.97 Å². The summed E-state index contributed by atoms with van der Waals surface area (Å²) in [5, 5.41) is 16.8. The van der Waals surface area contributed by atoms with Crippen molar-refractivity contribution in [2.75, 3.05) is 19.8 Å². The second-order valence-corrected chi connectivity index (χ2v) is 18.3. The van der Waals surface area contributed by atoms with E-state index in [4.69, 9.17) is 14.2 Å². The van der Waals surface area contributed by atoms with Gasteiger partial charge in [0, 0.05) is 25.1 Å². The van der Waals surface area contributed by atoms with Crippen molar-refractivity contribution in [3.8, 4) is 16.2 Å². The Hall–Kier alpha value is -3.13. The zero-order chi connectivity index (χ0) is 39.3. The number of nitrogens with one attached hydrogen (secondary N) is 2. The first-order valence-electron chi connectivity index (χ1n) is 19.7. The standard InChI is InChI=1S/C41H61FN4O7S/c1-27-34(54-26-44-27)28-16-17-29(32(21-28)51-20-14-12-10-8-9-11-13-15-33(48)53-39(5,6)7)23-43-35(49)31-22-30(47)24-46(31)41(25-52-41)36(38(2,3)4)45-37(50)40(42)18-19-40/h16-17,21,26,30-31,36,47H,8-15,18-20,22-25H2,1-7H3,(H,43,49)(H,45,50)/t30-,31+,36+,41?/m1/s1. The van der Waals surface area contributed by atoms with Crippen LogP contribution in [0.1, 0.15) is 123 Å². The van der Waals surface area contributed by atoms with E-state index in [-0.39, 0.29) is 50.8 Å². The summed E-state index contributed by atoms with van der Waals surface area (Å²) in [6.07, 6.45) is 7.36. The van der Waals surface area contributed by atoms with E-state index in [2.05, 4.69) is 15.6 Å². The van der Waals surface area contributed by atoms with Crippen LogP contribution in [0, 0.1) is 12.3 Å². The molecule has 3 fully saturated rings. The van der Waals surface area contributed by atoms with E-state index in [0.29, 0.717) is 18.8 Å². The molecule has 2 amide bonds. The number of aromatic nitrogens is 1. The highest BCUT2D eigenvalue weighted by Gasteiger charge is 2.65. The lowest BCUT2D eigenvalue weighted by Crippen LogP contribution is -2.63. The molecule has 2 aromatic rings. The number of amides is 2. The predicted molar refractivity (Wildman–Crippen MR) is 207 cm³/mol. The summed E-state index contributed by atoms with van der Waals surface area (Å²) in [7, 11) is 0. The number of rotatable bonds is 19. The Morgan fingerprint density at radius 2 is 1.74 bits per heavy atom. The van der Waals surface area contributed by atoms with E-state index >= 15 is 0 Å². The summed E-state index contributed by atoms with van der Waals surface area (Å²) in [6, 6.07) is 4.71. The second-order valence-electron chi connectivity index (χ2n) is 17.4. The summed E-state index contributed by atoms with van der Waals surface area (Å²) in [4.78, 5) is 46.0. The van der Waals surface area contributed by atoms with Gasteiger partial charge < -0.3 is 30.0 Å². The fraction of sp³-hybridized carbons (Fsp3) is 0.707. The number of esters is 1. The van der Waals surface area contributed by atoms with Gasteiger partial charge in [-0.05, 0) is 76.8 Å². The molecule has 3 heterocycles. The fourth-order valence-corrected chi connectivity index (χ4v) is 8.14. The van der Waals surface area contributed by atoms with Crippen molar-refractivity contribution >= 4 is 29.1 Å². The maximum atomic E-state index is 14.8. The molecule has 1 aromatic carbocycles. The van der Waals surface area contributed by atoms with Crippen molar-refractivity contribution in [1.29, 1.82) is 0 Å². The number of benzene rings is 1. The first-order valence-corrected chi connectivity index (χ1v) is 20.5. The molecule has 11 nitrogen and oxygen atoms in total. The summed E-state index contributed by atoms with van der Waals surface area (Å²) in [6.45, 7) is 14.7. The summed E-state index contributed by atoms with van der Waals surface area (Å²) < 4.78 is 32.6. The van der Waals surface area contributed by atoms with Gasteiger partial charge in [-0.2, -0.15) is 0 Å². The van der Waals surface area contributed by atoms with Crippen LogP contribution in [0.15, 0.2) is 23.7 Å². The van der Waals surface area contributed by atoms with Gasteiger partial charge in [-0.3, -0.25) is 19.3 Å². The number of carbonyl (C=O) groups is 3. The number of thiazole rings is 1. The zero-order valence-electron chi connectivity index (χ0n) is 33.2. The average molecular weight is 773 g/mol. The third kappa shape index (κ3) is 11.0. The number of aliphatic hydroxyl groups excluding tert-OH is 1. The van der Waals surface area contributed by atoms with Gasteiger partial charge in [-0.25, -0.2) is 9.37 Å². The Labute approximate surface area is 324 Å². The number of aliphatic hydroxyl groups is 1. The van der Waals surface area contributed by atoms with Crippen LogP contribution in [0.5, 0.6) is 5.75 Å². The van der Waals surface area contributed by atoms with Gasteiger partial charge in [-0.1, -0.05) is 65.0 Å². The maximum absolute atomic E-state index is 14.8. The molecule has 1 aromatic heterocycles. The monoisotopic (exact) mass is 772 g/mol. The number of β-amino-alcohol motifs (C(OH)–C–C–N with tert-alkyl or cyclic N) is 1. The minimum atomic E-state index is -1.85. The van der Waals surface area contributed by atoms with Crippen LogP contribution in [0.25, 0.3) is 10.4 Å². The van der Waals surface area contributed by atoms with Crippen molar-refractivity contribution in [2.24, 2.45) is 5.41 Å². The highest BCUT2D eigenvalue weighted by Crippen LogP contribution is 2.47. The quantitative estimate of drug-likeness (QED) is 0.0801. The van der Waals surface area contributed by atoms with Crippen molar-refractivity contribution in [1.82, 2.24) is 20.5 Å². The Balaban J connectivity index is 1.16. The van der Waals surface area contributed by atoms with Crippen LogP contribution in [-0.2, 0) is 30.4 Å². The number of hydrogen-bond donors (Lipinski definition) is 3. The zero-order valence-corrected chi connectivity index (χ0v) is 34.0. The lowest BCUT2D eigenvalue weighted by molar-refractivity contribution is -0.155. The molecular weight excluding hydrogens is 712 g/mol. The van der Waals surface area contributed by atoms with E-state index in [9.17, 15) is 23.9 Å². The predicted octanol–water partition coefficient (Wildman–Crippen LogP) is 6.77. The van der Waals surface area contributed by atoms with Crippen LogP contribution in [0.4, 0.5) is 4.39 Å². The molecule has 54 heavy (non-hydrogen) atoms. The van der Waals surface area contributed by atoms with Gasteiger partial charge in [-0.15, -0.1) is 11.3 Å². The van der Waals surface area contributed by atoms with Crippen molar-refractivity contribution in [3.05, 3.63) is 35.0 Å². The second kappa shape index (κ2) is 17.3. The van der Waals surface area contributed by atoms with Gasteiger partial charge in [0.15, 0.2) is 11.4 Å². The third-order valence-electron chi connectivity index (χ3n) is 10.4. The minimum absolute atomic E-state index is 0.132. The topological polar surface area (TPSA) is 143 Å². The molecular formula is C41H61FN4O7S. The molecule has 300 valence electrons. The van der Waals surface area contributed by atoms with Gasteiger partial charge in [0.05, 0.1) is 47.5 Å². The number of hydrogen-bond acceptors (Lipinski definition) is 10. The normalized spacial score (nSPS) is 22.8. The molecule has 0 spiro atoms. The summed E-state index contributed by atoms with van der Waals surface area (Å²) >= 11 is 1.57. The van der Waals surface area contributed by atoms with Crippen LogP contribution in [-0.4, -0.2) is 87.7 Å². The molecule has 1 unspecified atom stereocenters. The van der Waals surface area contributed by atoms with Crippen molar-refractivity contribution < 1.29 is 38.1 Å². The molecule has 4 atom stereocenters. The van der Waals surface area contributed by atoms with Crippen molar-refractivity contribution in [2.45, 2.75) is 161 Å². The van der Waals surface area contributed by atoms with Gasteiger partial charge in [0.25, 0.3) is 5.91 Å². The highest BCUT2D eigenvalue weighted by atomic mass is 32.1. The van der Waals surface area contributed by atoms with Crippen LogP contribution in [0.2, 0.25) is 0 Å². The molecule has 1 aliphatic carbocycles. The van der Waals surface area contributed by atoms with E-state index in [1.807, 2.05) is 77.1 Å². The molecule has 2 saturated heterocycles. The SMILES string of the molecule is Cc1ncsc1-c1ccc(CNC(=O)[C@@H]2C[C@@H](O)CN2C2([C@@H](NC(=O)C3(F)CC3)C(C)(C)C)CO2)c(OCCCCCCCCCC(=O)OC(C)(C)C)c1. The maximum Gasteiger partial charge on any atom is 0.306 e. The smallest absolute Gasteiger partial charge is 0.306 e. The molecule has 3 aliphatic rings. The number of aryl methyl sites for hydroxylation is 1. The first kappa shape index (κ1) is 42.0. The van der Waals surface area contributed by atoms with E-state index in [0.717, 1.165) is 66.6 Å².